The minimum atomic E-state index is -0.682. The Hall–Kier alpha value is -2.86. The van der Waals surface area contributed by atoms with Crippen molar-refractivity contribution in [2.24, 2.45) is 5.73 Å². The van der Waals surface area contributed by atoms with Crippen molar-refractivity contribution in [3.05, 3.63) is 70.7 Å². The first-order valence-electron chi connectivity index (χ1n) is 7.99. The standard InChI is InChI=1S/C20H17BrN2O3/c1-12(20(25)23-17-7-3-13(4-8-17)19(22)24)26-18-9-5-14-10-16(21)6-2-15(14)11-18/h2-12H,1H3,(H2,22,24)(H,23,25). The lowest BCUT2D eigenvalue weighted by atomic mass is 10.1. The average molecular weight is 413 g/mol. The van der Waals surface area contributed by atoms with Gasteiger partial charge in [-0.25, -0.2) is 0 Å². The molecule has 1 unspecified atom stereocenters. The minimum Gasteiger partial charge on any atom is -0.481 e. The molecule has 0 heterocycles. The Labute approximate surface area is 159 Å². The van der Waals surface area contributed by atoms with Crippen LogP contribution >= 0.6 is 15.9 Å². The fraction of sp³-hybridized carbons (Fsp3) is 0.100. The smallest absolute Gasteiger partial charge is 0.265 e. The van der Waals surface area contributed by atoms with E-state index in [9.17, 15) is 9.59 Å². The maximum atomic E-state index is 12.3. The second kappa shape index (κ2) is 7.58. The van der Waals surface area contributed by atoms with E-state index in [2.05, 4.69) is 21.2 Å². The minimum absolute atomic E-state index is 0.285. The van der Waals surface area contributed by atoms with Crippen molar-refractivity contribution in [1.82, 2.24) is 0 Å². The maximum absolute atomic E-state index is 12.3. The molecule has 0 radical (unpaired) electrons. The third-order valence-corrected chi connectivity index (χ3v) is 4.39. The van der Waals surface area contributed by atoms with Crippen LogP contribution in [0.15, 0.2) is 65.1 Å². The SMILES string of the molecule is CC(Oc1ccc2cc(Br)ccc2c1)C(=O)Nc1ccc(C(N)=O)cc1. The molecule has 0 aliphatic carbocycles. The Morgan fingerprint density at radius 1 is 1.00 bits per heavy atom. The highest BCUT2D eigenvalue weighted by atomic mass is 79.9. The fourth-order valence-electron chi connectivity index (χ4n) is 2.49. The number of fused-ring (bicyclic) bond motifs is 1. The predicted octanol–water partition coefficient (Wildman–Crippen LogP) is 4.11. The molecule has 3 N–H and O–H groups in total. The van der Waals surface area contributed by atoms with Gasteiger partial charge in [0.15, 0.2) is 6.10 Å². The zero-order valence-corrected chi connectivity index (χ0v) is 15.6. The van der Waals surface area contributed by atoms with Crippen LogP contribution in [0.3, 0.4) is 0 Å². The summed E-state index contributed by atoms with van der Waals surface area (Å²) < 4.78 is 6.76. The summed E-state index contributed by atoms with van der Waals surface area (Å²) in [5, 5.41) is 4.86. The van der Waals surface area contributed by atoms with Crippen molar-refractivity contribution < 1.29 is 14.3 Å². The molecule has 0 saturated heterocycles. The summed E-state index contributed by atoms with van der Waals surface area (Å²) in [5.74, 6) is -0.179. The molecule has 0 aliphatic rings. The first kappa shape index (κ1) is 17.9. The number of ether oxygens (including phenoxy) is 1. The maximum Gasteiger partial charge on any atom is 0.265 e. The van der Waals surface area contributed by atoms with Crippen LogP contribution in [0, 0.1) is 0 Å². The molecular formula is C20H17BrN2O3. The van der Waals surface area contributed by atoms with Gasteiger partial charge in [-0.05, 0) is 66.2 Å². The predicted molar refractivity (Wildman–Crippen MR) is 105 cm³/mol. The first-order chi connectivity index (χ1) is 12.4. The van der Waals surface area contributed by atoms with Gasteiger partial charge in [-0.1, -0.05) is 28.1 Å². The molecule has 6 heteroatoms. The van der Waals surface area contributed by atoms with Crippen molar-refractivity contribution in [2.75, 3.05) is 5.32 Å². The summed E-state index contributed by atoms with van der Waals surface area (Å²) in [5.41, 5.74) is 6.15. The van der Waals surface area contributed by atoms with Gasteiger partial charge in [0.25, 0.3) is 5.91 Å². The number of rotatable bonds is 5. The lowest BCUT2D eigenvalue weighted by Crippen LogP contribution is -2.30. The zero-order valence-electron chi connectivity index (χ0n) is 14.0. The molecule has 3 aromatic carbocycles. The van der Waals surface area contributed by atoms with Crippen molar-refractivity contribution in [3.63, 3.8) is 0 Å². The number of carbonyl (C=O) groups is 2. The molecule has 5 nitrogen and oxygen atoms in total. The van der Waals surface area contributed by atoms with E-state index in [0.29, 0.717) is 17.0 Å². The van der Waals surface area contributed by atoms with Crippen molar-refractivity contribution in [1.29, 1.82) is 0 Å². The number of carbonyl (C=O) groups excluding carboxylic acids is 2. The van der Waals surface area contributed by atoms with Crippen LogP contribution in [-0.2, 0) is 4.79 Å². The highest BCUT2D eigenvalue weighted by Gasteiger charge is 2.15. The number of nitrogens with one attached hydrogen (secondary N) is 1. The monoisotopic (exact) mass is 412 g/mol. The molecule has 0 saturated carbocycles. The third kappa shape index (κ3) is 4.21. The highest BCUT2D eigenvalue weighted by Crippen LogP contribution is 2.25. The van der Waals surface area contributed by atoms with Crippen molar-refractivity contribution in [3.8, 4) is 5.75 Å². The highest BCUT2D eigenvalue weighted by molar-refractivity contribution is 9.10. The van der Waals surface area contributed by atoms with E-state index in [1.165, 1.54) is 0 Å². The summed E-state index contributed by atoms with van der Waals surface area (Å²) >= 11 is 3.44. The van der Waals surface area contributed by atoms with Crippen LogP contribution < -0.4 is 15.8 Å². The number of anilines is 1. The largest absolute Gasteiger partial charge is 0.481 e. The molecule has 26 heavy (non-hydrogen) atoms. The Morgan fingerprint density at radius 3 is 2.35 bits per heavy atom. The van der Waals surface area contributed by atoms with E-state index in [0.717, 1.165) is 15.2 Å². The van der Waals surface area contributed by atoms with Gasteiger partial charge in [-0.3, -0.25) is 9.59 Å². The normalized spacial score (nSPS) is 11.8. The lowest BCUT2D eigenvalue weighted by Gasteiger charge is -2.15. The topological polar surface area (TPSA) is 81.4 Å². The molecule has 0 bridgehead atoms. The van der Waals surface area contributed by atoms with Gasteiger partial charge >= 0.3 is 0 Å². The molecule has 2 amide bonds. The second-order valence-corrected chi connectivity index (χ2v) is 6.76. The van der Waals surface area contributed by atoms with Crippen LogP contribution in [0.5, 0.6) is 5.75 Å². The van der Waals surface area contributed by atoms with Gasteiger partial charge in [0.05, 0.1) is 0 Å². The average Bonchev–Trinajstić information content (AvgIpc) is 2.62. The van der Waals surface area contributed by atoms with Crippen LogP contribution in [-0.4, -0.2) is 17.9 Å². The van der Waals surface area contributed by atoms with Gasteiger partial charge in [-0.15, -0.1) is 0 Å². The van der Waals surface area contributed by atoms with E-state index < -0.39 is 12.0 Å². The molecule has 0 fully saturated rings. The van der Waals surface area contributed by atoms with Crippen LogP contribution in [0.25, 0.3) is 10.8 Å². The van der Waals surface area contributed by atoms with Crippen molar-refractivity contribution >= 4 is 44.2 Å². The zero-order chi connectivity index (χ0) is 18.7. The molecule has 1 atom stereocenters. The van der Waals surface area contributed by atoms with Crippen LogP contribution in [0.2, 0.25) is 0 Å². The summed E-state index contributed by atoms with van der Waals surface area (Å²) in [6.45, 7) is 1.68. The summed E-state index contributed by atoms with van der Waals surface area (Å²) in [7, 11) is 0. The van der Waals surface area contributed by atoms with Gasteiger partial charge < -0.3 is 15.8 Å². The summed E-state index contributed by atoms with van der Waals surface area (Å²) in [6.07, 6.45) is -0.682. The second-order valence-electron chi connectivity index (χ2n) is 5.84. The van der Waals surface area contributed by atoms with Gasteiger partial charge in [0.2, 0.25) is 5.91 Å². The molecule has 0 spiro atoms. The lowest BCUT2D eigenvalue weighted by molar-refractivity contribution is -0.122. The fourth-order valence-corrected chi connectivity index (χ4v) is 2.87. The van der Waals surface area contributed by atoms with Gasteiger partial charge in [0.1, 0.15) is 5.75 Å². The number of nitrogens with two attached hydrogens (primary N) is 1. The van der Waals surface area contributed by atoms with E-state index in [4.69, 9.17) is 10.5 Å². The van der Waals surface area contributed by atoms with E-state index in [1.807, 2.05) is 36.4 Å². The summed E-state index contributed by atoms with van der Waals surface area (Å²) in [6, 6.07) is 18.0. The molecule has 0 aromatic heterocycles. The van der Waals surface area contributed by atoms with E-state index in [-0.39, 0.29) is 5.91 Å². The number of benzene rings is 3. The van der Waals surface area contributed by atoms with E-state index in [1.54, 1.807) is 31.2 Å². The van der Waals surface area contributed by atoms with Crippen LogP contribution in [0.4, 0.5) is 5.69 Å². The molecule has 132 valence electrons. The molecule has 3 rings (SSSR count). The molecular weight excluding hydrogens is 396 g/mol. The number of halogens is 1. The van der Waals surface area contributed by atoms with Gasteiger partial charge in [-0.2, -0.15) is 0 Å². The Kier molecular flexibility index (Phi) is 5.23. The number of primary amides is 1. The number of hydrogen-bond acceptors (Lipinski definition) is 3. The van der Waals surface area contributed by atoms with Gasteiger partial charge in [0, 0.05) is 15.7 Å². The van der Waals surface area contributed by atoms with Crippen LogP contribution in [0.1, 0.15) is 17.3 Å². The Bertz CT molecular complexity index is 970. The third-order valence-electron chi connectivity index (χ3n) is 3.89. The Balaban J connectivity index is 1.67. The quantitative estimate of drug-likeness (QED) is 0.661. The van der Waals surface area contributed by atoms with E-state index >= 15 is 0 Å². The summed E-state index contributed by atoms with van der Waals surface area (Å²) in [4.78, 5) is 23.4. The molecule has 3 aromatic rings. The first-order valence-corrected chi connectivity index (χ1v) is 8.78. The number of amides is 2. The van der Waals surface area contributed by atoms with Crippen molar-refractivity contribution in [2.45, 2.75) is 13.0 Å². The molecule has 0 aliphatic heterocycles. The number of hydrogen-bond donors (Lipinski definition) is 2. The Morgan fingerprint density at radius 2 is 1.65 bits per heavy atom.